The van der Waals surface area contributed by atoms with Crippen LogP contribution >= 0.6 is 0 Å². The molecule has 4 heterocycles. The molecule has 0 radical (unpaired) electrons. The maximum Gasteiger partial charge on any atom is 0.253 e. The third kappa shape index (κ3) is 5.83. The maximum atomic E-state index is 14.0. The lowest BCUT2D eigenvalue weighted by Gasteiger charge is -2.33. The van der Waals surface area contributed by atoms with E-state index < -0.39 is 5.41 Å². The molecule has 2 aromatic heterocycles. The second-order valence-corrected chi connectivity index (χ2v) is 12.7. The van der Waals surface area contributed by atoms with Gasteiger partial charge in [0.25, 0.3) is 11.5 Å². The summed E-state index contributed by atoms with van der Waals surface area (Å²) in [7, 11) is 2.13. The monoisotopic (exact) mass is 584 g/mol. The zero-order valence-electron chi connectivity index (χ0n) is 26.5. The topological polar surface area (TPSA) is 102 Å². The number of fused-ring (bicyclic) bond motifs is 1. The van der Waals surface area contributed by atoms with Gasteiger partial charge in [0.2, 0.25) is 5.91 Å². The molecule has 2 aliphatic rings. The Morgan fingerprint density at radius 1 is 1.07 bits per heavy atom. The van der Waals surface area contributed by atoms with Crippen molar-refractivity contribution in [1.82, 2.24) is 20.2 Å². The van der Waals surface area contributed by atoms with E-state index in [0.29, 0.717) is 16.7 Å². The summed E-state index contributed by atoms with van der Waals surface area (Å²) in [5.41, 5.74) is 4.82. The van der Waals surface area contributed by atoms with Gasteiger partial charge in [-0.3, -0.25) is 14.4 Å². The Bertz CT molecular complexity index is 1580. The summed E-state index contributed by atoms with van der Waals surface area (Å²) in [6.45, 7) is 15.6. The average Bonchev–Trinajstić information content (AvgIpc) is 3.17. The molecule has 0 bridgehead atoms. The minimum atomic E-state index is -0.886. The van der Waals surface area contributed by atoms with Gasteiger partial charge in [0.15, 0.2) is 0 Å². The Labute approximate surface area is 254 Å². The van der Waals surface area contributed by atoms with Gasteiger partial charge in [-0.25, -0.2) is 4.98 Å². The number of aromatic amines is 1. The Kier molecular flexibility index (Phi) is 8.47. The summed E-state index contributed by atoms with van der Waals surface area (Å²) in [5.74, 6) is 0.587. The number of benzene rings is 1. The molecule has 0 spiro atoms. The number of nitrogens with zero attached hydrogens (tertiary/aromatic N) is 4. The Morgan fingerprint density at radius 2 is 1.79 bits per heavy atom. The normalized spacial score (nSPS) is 16.6. The first-order chi connectivity index (χ1) is 20.4. The summed E-state index contributed by atoms with van der Waals surface area (Å²) in [6, 6.07) is 9.84. The number of H-pyrrole nitrogens is 1. The molecule has 9 heteroatoms. The van der Waals surface area contributed by atoms with Gasteiger partial charge in [0.1, 0.15) is 5.82 Å². The van der Waals surface area contributed by atoms with Crippen molar-refractivity contribution >= 4 is 23.3 Å². The SMILES string of the molecule is CCCc1cc(C)[nH]c(=O)c1CNC(=O)c1cc(-c2ccc(N3CCN(C)CC3)nc2)cc2c1C(C)(C)C(=O)N2C(C)C. The standard InChI is InChI=1S/C34H44N6O3/c1-8-9-23-16-22(4)37-32(42)27(23)20-36-31(41)26-17-25(18-28-30(26)34(5,6)33(43)40(28)21(2)3)24-10-11-29(35-19-24)39-14-12-38(7)13-15-39/h10-11,16-19,21H,8-9,12-15,20H2,1-7H3,(H,36,41)(H,37,42). The zero-order valence-corrected chi connectivity index (χ0v) is 26.5. The van der Waals surface area contributed by atoms with Crippen molar-refractivity contribution in [3.05, 3.63) is 74.8 Å². The second-order valence-electron chi connectivity index (χ2n) is 12.7. The molecule has 0 atom stereocenters. The van der Waals surface area contributed by atoms with Gasteiger partial charge in [-0.15, -0.1) is 0 Å². The zero-order chi connectivity index (χ0) is 31.1. The summed E-state index contributed by atoms with van der Waals surface area (Å²) in [5, 5.41) is 3.02. The fourth-order valence-corrected chi connectivity index (χ4v) is 6.36. The molecule has 5 rings (SSSR count). The highest BCUT2D eigenvalue weighted by Gasteiger charge is 2.47. The molecule has 0 saturated carbocycles. The predicted molar refractivity (Wildman–Crippen MR) is 172 cm³/mol. The van der Waals surface area contributed by atoms with Crippen molar-refractivity contribution in [3.8, 4) is 11.1 Å². The van der Waals surface area contributed by atoms with E-state index >= 15 is 0 Å². The molecule has 228 valence electrons. The molecular weight excluding hydrogens is 540 g/mol. The number of rotatable bonds is 8. The second kappa shape index (κ2) is 12.0. The Morgan fingerprint density at radius 3 is 2.42 bits per heavy atom. The van der Waals surface area contributed by atoms with Crippen LogP contribution in [-0.2, 0) is 23.2 Å². The van der Waals surface area contributed by atoms with E-state index in [2.05, 4.69) is 34.1 Å². The number of hydrogen-bond donors (Lipinski definition) is 2. The molecular formula is C34H44N6O3. The third-order valence-electron chi connectivity index (χ3n) is 8.73. The quantitative estimate of drug-likeness (QED) is 0.407. The first-order valence-corrected chi connectivity index (χ1v) is 15.3. The summed E-state index contributed by atoms with van der Waals surface area (Å²) < 4.78 is 0. The number of hydrogen-bond acceptors (Lipinski definition) is 6. The number of amides is 2. The number of piperazine rings is 1. The van der Waals surface area contributed by atoms with Crippen molar-refractivity contribution in [1.29, 1.82) is 0 Å². The minimum Gasteiger partial charge on any atom is -0.354 e. The number of pyridine rings is 2. The minimum absolute atomic E-state index is 0.0348. The lowest BCUT2D eigenvalue weighted by molar-refractivity contribution is -0.122. The number of aromatic nitrogens is 2. The van der Waals surface area contributed by atoms with Gasteiger partial charge in [0.05, 0.1) is 5.41 Å². The van der Waals surface area contributed by atoms with Gasteiger partial charge < -0.3 is 25.0 Å². The van der Waals surface area contributed by atoms with Crippen molar-refractivity contribution in [2.75, 3.05) is 43.0 Å². The summed E-state index contributed by atoms with van der Waals surface area (Å²) in [4.78, 5) is 54.6. The largest absolute Gasteiger partial charge is 0.354 e. The van der Waals surface area contributed by atoms with Gasteiger partial charge in [-0.2, -0.15) is 0 Å². The van der Waals surface area contributed by atoms with E-state index in [-0.39, 0.29) is 30.0 Å². The highest BCUT2D eigenvalue weighted by Crippen LogP contribution is 2.46. The predicted octanol–water partition coefficient (Wildman–Crippen LogP) is 4.41. The summed E-state index contributed by atoms with van der Waals surface area (Å²) >= 11 is 0. The molecule has 43 heavy (non-hydrogen) atoms. The number of aryl methyl sites for hydroxylation is 2. The lowest BCUT2D eigenvalue weighted by atomic mass is 9.81. The summed E-state index contributed by atoms with van der Waals surface area (Å²) in [6.07, 6.45) is 3.49. The number of anilines is 2. The highest BCUT2D eigenvalue weighted by molar-refractivity contribution is 6.13. The van der Waals surface area contributed by atoms with Gasteiger partial charge in [-0.05, 0) is 89.5 Å². The third-order valence-corrected chi connectivity index (χ3v) is 8.73. The number of carbonyl (C=O) groups is 2. The average molecular weight is 585 g/mol. The van der Waals surface area contributed by atoms with Crippen LogP contribution < -0.4 is 20.7 Å². The Hall–Kier alpha value is -3.98. The fourth-order valence-electron chi connectivity index (χ4n) is 6.36. The van der Waals surface area contributed by atoms with Crippen LogP contribution in [0.4, 0.5) is 11.5 Å². The maximum absolute atomic E-state index is 14.0. The van der Waals surface area contributed by atoms with E-state index in [1.54, 1.807) is 4.90 Å². The van der Waals surface area contributed by atoms with Crippen molar-refractivity contribution in [2.24, 2.45) is 0 Å². The molecule has 9 nitrogen and oxygen atoms in total. The first-order valence-electron chi connectivity index (χ1n) is 15.3. The first kappa shape index (κ1) is 30.5. The van der Waals surface area contributed by atoms with Gasteiger partial charge in [0, 0.05) is 78.6 Å². The van der Waals surface area contributed by atoms with Gasteiger partial charge in [-0.1, -0.05) is 13.3 Å². The lowest BCUT2D eigenvalue weighted by Crippen LogP contribution is -2.44. The van der Waals surface area contributed by atoms with Crippen LogP contribution in [-0.4, -0.2) is 66.0 Å². The van der Waals surface area contributed by atoms with Crippen LogP contribution in [0.3, 0.4) is 0 Å². The molecule has 2 N–H and O–H groups in total. The molecule has 0 unspecified atom stereocenters. The van der Waals surface area contributed by atoms with E-state index in [1.165, 1.54) is 0 Å². The number of carbonyl (C=O) groups excluding carboxylic acids is 2. The highest BCUT2D eigenvalue weighted by atomic mass is 16.2. The smallest absolute Gasteiger partial charge is 0.253 e. The molecule has 3 aromatic rings. The molecule has 2 amide bonds. The molecule has 1 aromatic carbocycles. The van der Waals surface area contributed by atoms with E-state index in [4.69, 9.17) is 4.98 Å². The number of likely N-dealkylation sites (N-methyl/N-ethyl adjacent to an activating group) is 1. The van der Waals surface area contributed by atoms with E-state index in [0.717, 1.165) is 72.9 Å². The fraction of sp³-hybridized carbons (Fsp3) is 0.471. The van der Waals surface area contributed by atoms with Gasteiger partial charge >= 0.3 is 0 Å². The van der Waals surface area contributed by atoms with Crippen molar-refractivity contribution in [2.45, 2.75) is 72.4 Å². The van der Waals surface area contributed by atoms with Crippen LogP contribution in [0.15, 0.2) is 41.3 Å². The van der Waals surface area contributed by atoms with Crippen LogP contribution in [0, 0.1) is 6.92 Å². The molecule has 2 aliphatic heterocycles. The van der Waals surface area contributed by atoms with Crippen LogP contribution in [0.2, 0.25) is 0 Å². The van der Waals surface area contributed by atoms with Crippen LogP contribution in [0.5, 0.6) is 0 Å². The van der Waals surface area contributed by atoms with Crippen molar-refractivity contribution < 1.29 is 9.59 Å². The number of nitrogens with one attached hydrogen (secondary N) is 2. The van der Waals surface area contributed by atoms with Crippen LogP contribution in [0.1, 0.15) is 73.8 Å². The van der Waals surface area contributed by atoms with Crippen molar-refractivity contribution in [3.63, 3.8) is 0 Å². The van der Waals surface area contributed by atoms with E-state index in [1.807, 2.05) is 71.1 Å². The Balaban J connectivity index is 1.54. The molecule has 1 saturated heterocycles. The molecule has 1 fully saturated rings. The van der Waals surface area contributed by atoms with E-state index in [9.17, 15) is 14.4 Å². The molecule has 0 aliphatic carbocycles. The van der Waals surface area contributed by atoms with Crippen LogP contribution in [0.25, 0.3) is 11.1 Å².